The molecule has 0 aromatic carbocycles. The molecule has 0 fully saturated rings. The highest BCUT2D eigenvalue weighted by Gasteiger charge is 2.05. The molecule has 15 heavy (non-hydrogen) atoms. The summed E-state index contributed by atoms with van der Waals surface area (Å²) in [4.78, 5) is 13.2. The molecule has 3 nitrogen and oxygen atoms in total. The first-order valence-corrected chi connectivity index (χ1v) is 5.56. The second-order valence-corrected chi connectivity index (χ2v) is 4.06. The van der Waals surface area contributed by atoms with E-state index in [0.717, 1.165) is 6.54 Å². The fourth-order valence-electron chi connectivity index (χ4n) is 1.20. The van der Waals surface area contributed by atoms with Crippen molar-refractivity contribution in [2.75, 3.05) is 20.1 Å². The number of terminal acetylenes is 1. The Morgan fingerprint density at radius 3 is 3.13 bits per heavy atom. The third kappa shape index (κ3) is 4.63. The number of rotatable bonds is 5. The zero-order valence-corrected chi connectivity index (χ0v) is 9.51. The van der Waals surface area contributed by atoms with E-state index in [2.05, 4.69) is 22.7 Å². The van der Waals surface area contributed by atoms with E-state index >= 15 is 0 Å². The molecule has 1 heterocycles. The number of carbonyl (C=O) groups is 1. The Bertz CT molecular complexity index is 340. The Kier molecular flexibility index (Phi) is 4.88. The predicted molar refractivity (Wildman–Crippen MR) is 62.5 cm³/mol. The molecule has 1 amide bonds. The van der Waals surface area contributed by atoms with Crippen LogP contribution in [-0.2, 0) is 11.3 Å². The molecular weight excluding hydrogens is 208 g/mol. The lowest BCUT2D eigenvalue weighted by atomic mass is 10.3. The SMILES string of the molecule is C#CCNC(=O)CN(C)Cc1ccsc1. The van der Waals surface area contributed by atoms with Gasteiger partial charge in [0.25, 0.3) is 0 Å². The summed E-state index contributed by atoms with van der Waals surface area (Å²) in [5.41, 5.74) is 1.23. The van der Waals surface area contributed by atoms with E-state index in [4.69, 9.17) is 6.42 Å². The van der Waals surface area contributed by atoms with Crippen LogP contribution in [0, 0.1) is 12.3 Å². The van der Waals surface area contributed by atoms with Crippen molar-refractivity contribution in [3.8, 4) is 12.3 Å². The van der Waals surface area contributed by atoms with Crippen molar-refractivity contribution in [1.82, 2.24) is 10.2 Å². The van der Waals surface area contributed by atoms with Gasteiger partial charge in [-0.05, 0) is 29.4 Å². The van der Waals surface area contributed by atoms with Crippen LogP contribution in [-0.4, -0.2) is 30.9 Å². The Labute approximate surface area is 94.1 Å². The molecule has 1 N–H and O–H groups in total. The van der Waals surface area contributed by atoms with Gasteiger partial charge in [0, 0.05) is 6.54 Å². The minimum Gasteiger partial charge on any atom is -0.344 e. The molecule has 80 valence electrons. The number of nitrogens with one attached hydrogen (secondary N) is 1. The Morgan fingerprint density at radius 1 is 1.73 bits per heavy atom. The highest BCUT2D eigenvalue weighted by atomic mass is 32.1. The van der Waals surface area contributed by atoms with Gasteiger partial charge in [-0.3, -0.25) is 9.69 Å². The predicted octanol–water partition coefficient (Wildman–Crippen LogP) is 0.929. The first-order valence-electron chi connectivity index (χ1n) is 4.62. The van der Waals surface area contributed by atoms with Crippen LogP contribution in [0.4, 0.5) is 0 Å². The molecule has 0 saturated heterocycles. The number of carbonyl (C=O) groups excluding carboxylic acids is 1. The molecule has 1 aromatic rings. The van der Waals surface area contributed by atoms with Gasteiger partial charge in [0.2, 0.25) is 5.91 Å². The van der Waals surface area contributed by atoms with Crippen molar-refractivity contribution >= 4 is 17.2 Å². The van der Waals surface area contributed by atoms with Crippen molar-refractivity contribution in [3.63, 3.8) is 0 Å². The number of nitrogens with zero attached hydrogens (tertiary/aromatic N) is 1. The molecule has 1 rings (SSSR count). The monoisotopic (exact) mass is 222 g/mol. The summed E-state index contributed by atoms with van der Waals surface area (Å²) < 4.78 is 0. The third-order valence-corrected chi connectivity index (χ3v) is 2.57. The van der Waals surface area contributed by atoms with Gasteiger partial charge in [-0.2, -0.15) is 11.3 Å². The van der Waals surface area contributed by atoms with E-state index in [1.807, 2.05) is 17.3 Å². The van der Waals surface area contributed by atoms with E-state index in [1.54, 1.807) is 11.3 Å². The summed E-state index contributed by atoms with van der Waals surface area (Å²) >= 11 is 1.66. The summed E-state index contributed by atoms with van der Waals surface area (Å²) in [5, 5.41) is 6.74. The maximum absolute atomic E-state index is 11.3. The van der Waals surface area contributed by atoms with Gasteiger partial charge in [0.1, 0.15) is 0 Å². The Hall–Kier alpha value is -1.31. The molecule has 0 atom stereocenters. The van der Waals surface area contributed by atoms with Gasteiger partial charge in [0.05, 0.1) is 13.1 Å². The van der Waals surface area contributed by atoms with Gasteiger partial charge < -0.3 is 5.32 Å². The summed E-state index contributed by atoms with van der Waals surface area (Å²) in [6, 6.07) is 2.06. The number of thiophene rings is 1. The van der Waals surface area contributed by atoms with Gasteiger partial charge in [0.15, 0.2) is 0 Å². The van der Waals surface area contributed by atoms with Crippen LogP contribution in [0.5, 0.6) is 0 Å². The molecule has 4 heteroatoms. The van der Waals surface area contributed by atoms with Crippen LogP contribution in [0.1, 0.15) is 5.56 Å². The molecule has 0 bridgehead atoms. The molecule has 0 radical (unpaired) electrons. The summed E-state index contributed by atoms with van der Waals surface area (Å²) in [7, 11) is 1.91. The van der Waals surface area contributed by atoms with Crippen molar-refractivity contribution in [2.24, 2.45) is 0 Å². The molecule has 0 aliphatic rings. The fourth-order valence-corrected chi connectivity index (χ4v) is 1.86. The minimum absolute atomic E-state index is 0.0364. The number of hydrogen-bond donors (Lipinski definition) is 1. The molecule has 0 aliphatic carbocycles. The van der Waals surface area contributed by atoms with Gasteiger partial charge in [-0.1, -0.05) is 5.92 Å². The van der Waals surface area contributed by atoms with Crippen LogP contribution in [0.25, 0.3) is 0 Å². The van der Waals surface area contributed by atoms with E-state index in [0.29, 0.717) is 13.1 Å². The summed E-state index contributed by atoms with van der Waals surface area (Å²) in [6.45, 7) is 1.45. The van der Waals surface area contributed by atoms with E-state index in [9.17, 15) is 4.79 Å². The smallest absolute Gasteiger partial charge is 0.234 e. The van der Waals surface area contributed by atoms with Crippen LogP contribution in [0.2, 0.25) is 0 Å². The summed E-state index contributed by atoms with van der Waals surface area (Å²) in [5.74, 6) is 2.33. The van der Waals surface area contributed by atoms with Crippen molar-refractivity contribution < 1.29 is 4.79 Å². The molecule has 1 aromatic heterocycles. The lowest BCUT2D eigenvalue weighted by Crippen LogP contribution is -2.34. The standard InChI is InChI=1S/C11H14N2OS/c1-3-5-12-11(14)8-13(2)7-10-4-6-15-9-10/h1,4,6,9H,5,7-8H2,2H3,(H,12,14). The van der Waals surface area contributed by atoms with Crippen molar-refractivity contribution in [1.29, 1.82) is 0 Å². The van der Waals surface area contributed by atoms with Gasteiger partial charge in [-0.15, -0.1) is 6.42 Å². The first-order chi connectivity index (χ1) is 7.22. The molecular formula is C11H14N2OS. The minimum atomic E-state index is -0.0364. The lowest BCUT2D eigenvalue weighted by Gasteiger charge is -2.14. The van der Waals surface area contributed by atoms with Crippen LogP contribution >= 0.6 is 11.3 Å². The van der Waals surface area contributed by atoms with Gasteiger partial charge in [-0.25, -0.2) is 0 Å². The molecule has 0 saturated carbocycles. The van der Waals surface area contributed by atoms with E-state index in [1.165, 1.54) is 5.56 Å². The highest BCUT2D eigenvalue weighted by molar-refractivity contribution is 7.07. The topological polar surface area (TPSA) is 32.3 Å². The lowest BCUT2D eigenvalue weighted by molar-refractivity contribution is -0.121. The van der Waals surface area contributed by atoms with Crippen LogP contribution < -0.4 is 5.32 Å². The maximum atomic E-state index is 11.3. The van der Waals surface area contributed by atoms with Gasteiger partial charge >= 0.3 is 0 Å². The zero-order valence-electron chi connectivity index (χ0n) is 8.69. The number of amides is 1. The maximum Gasteiger partial charge on any atom is 0.234 e. The fraction of sp³-hybridized carbons (Fsp3) is 0.364. The first kappa shape index (κ1) is 11.8. The Balaban J connectivity index is 2.27. The second-order valence-electron chi connectivity index (χ2n) is 3.28. The number of hydrogen-bond acceptors (Lipinski definition) is 3. The van der Waals surface area contributed by atoms with Crippen molar-refractivity contribution in [3.05, 3.63) is 22.4 Å². The Morgan fingerprint density at radius 2 is 2.53 bits per heavy atom. The van der Waals surface area contributed by atoms with Crippen molar-refractivity contribution in [2.45, 2.75) is 6.54 Å². The molecule has 0 spiro atoms. The van der Waals surface area contributed by atoms with E-state index in [-0.39, 0.29) is 5.91 Å². The summed E-state index contributed by atoms with van der Waals surface area (Å²) in [6.07, 6.45) is 5.04. The van der Waals surface area contributed by atoms with Crippen LogP contribution in [0.15, 0.2) is 16.8 Å². The number of likely N-dealkylation sites (N-methyl/N-ethyl adjacent to an activating group) is 1. The highest BCUT2D eigenvalue weighted by Crippen LogP contribution is 2.07. The average molecular weight is 222 g/mol. The second kappa shape index (κ2) is 6.23. The average Bonchev–Trinajstić information content (AvgIpc) is 2.67. The third-order valence-electron chi connectivity index (χ3n) is 1.83. The molecule has 0 unspecified atom stereocenters. The van der Waals surface area contributed by atoms with Crippen LogP contribution in [0.3, 0.4) is 0 Å². The largest absolute Gasteiger partial charge is 0.344 e. The zero-order chi connectivity index (χ0) is 11.1. The quantitative estimate of drug-likeness (QED) is 0.752. The molecule has 0 aliphatic heterocycles. The van der Waals surface area contributed by atoms with E-state index < -0.39 is 0 Å². The normalized spacial score (nSPS) is 9.93.